The second kappa shape index (κ2) is 5.82. The fraction of sp³-hybridized carbons (Fsp3) is 0.533. The number of carbonyl (C=O) groups is 2. The first kappa shape index (κ1) is 14.6. The van der Waals surface area contributed by atoms with Crippen LogP contribution in [0.3, 0.4) is 0 Å². The van der Waals surface area contributed by atoms with Gasteiger partial charge in [0.05, 0.1) is 0 Å². The number of aromatic nitrogens is 1. The molecule has 2 aliphatic rings. The number of rotatable bonds is 3. The van der Waals surface area contributed by atoms with Crippen molar-refractivity contribution in [3.8, 4) is 5.75 Å². The normalized spacial score (nSPS) is 20.8. The van der Waals surface area contributed by atoms with Gasteiger partial charge in [-0.2, -0.15) is 0 Å². The Morgan fingerprint density at radius 2 is 2.14 bits per heavy atom. The van der Waals surface area contributed by atoms with E-state index in [1.54, 1.807) is 17.0 Å². The van der Waals surface area contributed by atoms with Crippen LogP contribution in [0.5, 0.6) is 5.75 Å². The molecular formula is C15H20N4O3. The molecule has 0 aliphatic carbocycles. The van der Waals surface area contributed by atoms with Crippen molar-refractivity contribution in [1.82, 2.24) is 9.88 Å². The van der Waals surface area contributed by atoms with E-state index in [-0.39, 0.29) is 18.4 Å². The van der Waals surface area contributed by atoms with Crippen molar-refractivity contribution in [2.45, 2.75) is 32.3 Å². The van der Waals surface area contributed by atoms with Gasteiger partial charge in [0, 0.05) is 13.1 Å². The summed E-state index contributed by atoms with van der Waals surface area (Å²) in [5.74, 6) is 0.833. The summed E-state index contributed by atoms with van der Waals surface area (Å²) in [4.78, 5) is 32.3. The predicted octanol–water partition coefficient (Wildman–Crippen LogP) is 0.790. The summed E-state index contributed by atoms with van der Waals surface area (Å²) in [5, 5.41) is 0. The third-order valence-electron chi connectivity index (χ3n) is 4.05. The van der Waals surface area contributed by atoms with Gasteiger partial charge in [0.1, 0.15) is 12.4 Å². The van der Waals surface area contributed by atoms with Gasteiger partial charge in [-0.05, 0) is 31.4 Å². The van der Waals surface area contributed by atoms with Gasteiger partial charge in [0.15, 0.2) is 17.7 Å². The van der Waals surface area contributed by atoms with E-state index < -0.39 is 6.10 Å². The lowest BCUT2D eigenvalue weighted by Gasteiger charge is -2.33. The Balaban J connectivity index is 1.88. The van der Waals surface area contributed by atoms with E-state index in [2.05, 4.69) is 4.98 Å². The van der Waals surface area contributed by atoms with Crippen LogP contribution in [-0.2, 0) is 9.59 Å². The van der Waals surface area contributed by atoms with Gasteiger partial charge in [0.2, 0.25) is 5.91 Å². The van der Waals surface area contributed by atoms with Crippen molar-refractivity contribution >= 4 is 23.5 Å². The highest BCUT2D eigenvalue weighted by molar-refractivity contribution is 6.03. The Labute approximate surface area is 129 Å². The molecular weight excluding hydrogens is 284 g/mol. The summed E-state index contributed by atoms with van der Waals surface area (Å²) < 4.78 is 5.65. The van der Waals surface area contributed by atoms with Crippen molar-refractivity contribution in [1.29, 1.82) is 0 Å². The van der Waals surface area contributed by atoms with E-state index in [1.165, 1.54) is 4.90 Å². The number of pyridine rings is 1. The molecule has 22 heavy (non-hydrogen) atoms. The number of likely N-dealkylation sites (tertiary alicyclic amines) is 1. The molecule has 1 aromatic heterocycles. The Kier molecular flexibility index (Phi) is 3.87. The molecule has 0 saturated carbocycles. The first-order chi connectivity index (χ1) is 10.6. The molecule has 1 aromatic rings. The highest BCUT2D eigenvalue weighted by atomic mass is 16.5. The summed E-state index contributed by atoms with van der Waals surface area (Å²) in [6.45, 7) is 3.37. The summed E-state index contributed by atoms with van der Waals surface area (Å²) in [6.07, 6.45) is 1.99. The number of ether oxygens (including phenoxy) is 1. The van der Waals surface area contributed by atoms with Crippen LogP contribution in [0.1, 0.15) is 26.2 Å². The van der Waals surface area contributed by atoms with E-state index in [9.17, 15) is 9.59 Å². The maximum absolute atomic E-state index is 12.5. The Bertz CT molecular complexity index is 598. The monoisotopic (exact) mass is 304 g/mol. The minimum atomic E-state index is -0.579. The topological polar surface area (TPSA) is 88.8 Å². The number of amides is 2. The molecule has 7 heteroatoms. The number of fused-ring (bicyclic) bond motifs is 1. The molecule has 3 heterocycles. The molecule has 7 nitrogen and oxygen atoms in total. The van der Waals surface area contributed by atoms with Crippen LogP contribution >= 0.6 is 0 Å². The van der Waals surface area contributed by atoms with Crippen LogP contribution in [0.2, 0.25) is 0 Å². The van der Waals surface area contributed by atoms with E-state index in [0.29, 0.717) is 23.8 Å². The highest BCUT2D eigenvalue weighted by Gasteiger charge is 2.36. The van der Waals surface area contributed by atoms with Gasteiger partial charge in [0.25, 0.3) is 5.91 Å². The largest absolute Gasteiger partial charge is 0.477 e. The molecule has 0 spiro atoms. The van der Waals surface area contributed by atoms with E-state index in [4.69, 9.17) is 10.5 Å². The van der Waals surface area contributed by atoms with Gasteiger partial charge >= 0.3 is 0 Å². The first-order valence-electron chi connectivity index (χ1n) is 7.62. The van der Waals surface area contributed by atoms with Gasteiger partial charge in [-0.15, -0.1) is 0 Å². The molecule has 2 amide bonds. The zero-order chi connectivity index (χ0) is 15.7. The van der Waals surface area contributed by atoms with Crippen molar-refractivity contribution < 1.29 is 14.3 Å². The minimum Gasteiger partial charge on any atom is -0.477 e. The number of nitrogen functional groups attached to an aromatic ring is 1. The van der Waals surface area contributed by atoms with E-state index >= 15 is 0 Å². The number of nitrogens with zero attached hydrogens (tertiary/aromatic N) is 3. The van der Waals surface area contributed by atoms with Crippen LogP contribution in [0.4, 0.5) is 11.6 Å². The molecule has 2 N–H and O–H groups in total. The van der Waals surface area contributed by atoms with Crippen molar-refractivity contribution in [3.05, 3.63) is 12.1 Å². The maximum atomic E-state index is 12.5. The molecule has 0 radical (unpaired) electrons. The van der Waals surface area contributed by atoms with Crippen LogP contribution in [0.25, 0.3) is 0 Å². The highest BCUT2D eigenvalue weighted by Crippen LogP contribution is 2.33. The quantitative estimate of drug-likeness (QED) is 0.892. The average Bonchev–Trinajstić information content (AvgIpc) is 3.04. The number of carbonyl (C=O) groups excluding carboxylic acids is 2. The van der Waals surface area contributed by atoms with E-state index in [0.717, 1.165) is 25.9 Å². The SMILES string of the molecule is CCC1Oc2ccc(N)nc2N(CC(=O)N2CCCC2)C1=O. The lowest BCUT2D eigenvalue weighted by molar-refractivity contribution is -0.132. The number of anilines is 2. The Morgan fingerprint density at radius 3 is 2.82 bits per heavy atom. The molecule has 118 valence electrons. The zero-order valence-electron chi connectivity index (χ0n) is 12.6. The van der Waals surface area contributed by atoms with Crippen molar-refractivity contribution in [3.63, 3.8) is 0 Å². The number of hydrogen-bond donors (Lipinski definition) is 1. The van der Waals surface area contributed by atoms with Gasteiger partial charge in [-0.3, -0.25) is 14.5 Å². The Morgan fingerprint density at radius 1 is 1.41 bits per heavy atom. The summed E-state index contributed by atoms with van der Waals surface area (Å²) in [6, 6.07) is 3.32. The third-order valence-corrected chi connectivity index (χ3v) is 4.05. The van der Waals surface area contributed by atoms with Crippen LogP contribution in [0, 0.1) is 0 Å². The molecule has 1 fully saturated rings. The van der Waals surface area contributed by atoms with Crippen LogP contribution in [-0.4, -0.2) is 47.4 Å². The average molecular weight is 304 g/mol. The Hall–Kier alpha value is -2.31. The summed E-state index contributed by atoms with van der Waals surface area (Å²) in [7, 11) is 0. The molecule has 0 bridgehead atoms. The predicted molar refractivity (Wildman–Crippen MR) is 81.5 cm³/mol. The fourth-order valence-corrected chi connectivity index (χ4v) is 2.83. The lowest BCUT2D eigenvalue weighted by Crippen LogP contribution is -2.50. The van der Waals surface area contributed by atoms with Crippen LogP contribution < -0.4 is 15.4 Å². The minimum absolute atomic E-state index is 0.0118. The van der Waals surface area contributed by atoms with Gasteiger partial charge in [-0.1, -0.05) is 6.92 Å². The first-order valence-corrected chi connectivity index (χ1v) is 7.62. The molecule has 1 atom stereocenters. The maximum Gasteiger partial charge on any atom is 0.269 e. The zero-order valence-corrected chi connectivity index (χ0v) is 12.6. The third kappa shape index (κ3) is 2.58. The van der Waals surface area contributed by atoms with Gasteiger partial charge in [-0.25, -0.2) is 4.98 Å². The number of nitrogens with two attached hydrogens (primary N) is 1. The number of hydrogen-bond acceptors (Lipinski definition) is 5. The second-order valence-corrected chi connectivity index (χ2v) is 5.58. The summed E-state index contributed by atoms with van der Waals surface area (Å²) >= 11 is 0. The fourth-order valence-electron chi connectivity index (χ4n) is 2.83. The molecule has 0 aromatic carbocycles. The van der Waals surface area contributed by atoms with Crippen molar-refractivity contribution in [2.75, 3.05) is 30.3 Å². The molecule has 3 rings (SSSR count). The molecule has 1 unspecified atom stereocenters. The molecule has 1 saturated heterocycles. The lowest BCUT2D eigenvalue weighted by atomic mass is 10.2. The van der Waals surface area contributed by atoms with Crippen molar-refractivity contribution in [2.24, 2.45) is 0 Å². The smallest absolute Gasteiger partial charge is 0.269 e. The van der Waals surface area contributed by atoms with Crippen LogP contribution in [0.15, 0.2) is 12.1 Å². The standard InChI is InChI=1S/C15H20N4O3/c1-2-10-15(21)19(9-13(20)18-7-3-4-8-18)14-11(22-10)5-6-12(16)17-14/h5-6,10H,2-4,7-9H2,1H3,(H2,16,17). The second-order valence-electron chi connectivity index (χ2n) is 5.58. The van der Waals surface area contributed by atoms with E-state index in [1.807, 2.05) is 6.92 Å². The molecule has 2 aliphatic heterocycles. The summed E-state index contributed by atoms with van der Waals surface area (Å²) in [5.41, 5.74) is 5.71. The van der Waals surface area contributed by atoms with Gasteiger partial charge < -0.3 is 15.4 Å².